The molecule has 0 N–H and O–H groups in total. The summed E-state index contributed by atoms with van der Waals surface area (Å²) in [6.45, 7) is 2.37. The Morgan fingerprint density at radius 1 is 1.08 bits per heavy atom. The average molecular weight is 369 g/mol. The van der Waals surface area contributed by atoms with E-state index in [2.05, 4.69) is 9.88 Å². The van der Waals surface area contributed by atoms with Crippen molar-refractivity contribution in [3.8, 4) is 0 Å². The van der Waals surface area contributed by atoms with Crippen molar-refractivity contribution < 1.29 is 17.6 Å². The molecule has 0 spiro atoms. The fourth-order valence-electron chi connectivity index (χ4n) is 3.26. The minimum atomic E-state index is -2.76. The first-order chi connectivity index (χ1) is 12.4. The van der Waals surface area contributed by atoms with Crippen LogP contribution in [0.3, 0.4) is 0 Å². The zero-order chi connectivity index (χ0) is 18.7. The van der Waals surface area contributed by atoms with Crippen LogP contribution in [-0.2, 0) is 13.1 Å². The summed E-state index contributed by atoms with van der Waals surface area (Å²) < 4.78 is 53.0. The average Bonchev–Trinajstić information content (AvgIpc) is 2.57. The molecule has 2 aromatic rings. The normalized spacial score (nSPS) is 16.3. The maximum atomic E-state index is 13.3. The van der Waals surface area contributed by atoms with Gasteiger partial charge in [0, 0.05) is 25.2 Å². The van der Waals surface area contributed by atoms with Gasteiger partial charge in [-0.15, -0.1) is 0 Å². The van der Waals surface area contributed by atoms with Crippen molar-refractivity contribution in [3.05, 3.63) is 63.8 Å². The van der Waals surface area contributed by atoms with Gasteiger partial charge < -0.3 is 0 Å². The van der Waals surface area contributed by atoms with E-state index in [-0.39, 0.29) is 5.92 Å². The van der Waals surface area contributed by atoms with Gasteiger partial charge in [-0.1, -0.05) is 0 Å². The summed E-state index contributed by atoms with van der Waals surface area (Å²) in [6, 6.07) is 4.37. The van der Waals surface area contributed by atoms with E-state index in [4.69, 9.17) is 0 Å². The Morgan fingerprint density at radius 3 is 2.31 bits per heavy atom. The lowest BCUT2D eigenvalue weighted by Gasteiger charge is -2.32. The molecule has 3 rings (SSSR count). The van der Waals surface area contributed by atoms with Crippen molar-refractivity contribution in [3.63, 3.8) is 0 Å². The van der Waals surface area contributed by atoms with Gasteiger partial charge in [-0.25, -0.2) is 22.5 Å². The van der Waals surface area contributed by atoms with Gasteiger partial charge in [0.1, 0.15) is 17.3 Å². The Bertz CT molecular complexity index is 796. The summed E-state index contributed by atoms with van der Waals surface area (Å²) >= 11 is 0. The number of rotatable bonds is 5. The highest BCUT2D eigenvalue weighted by atomic mass is 19.3. The zero-order valence-electron chi connectivity index (χ0n) is 14.0. The van der Waals surface area contributed by atoms with Gasteiger partial charge in [-0.2, -0.15) is 0 Å². The highest BCUT2D eigenvalue weighted by molar-refractivity contribution is 5.17. The molecule has 2 heterocycles. The van der Waals surface area contributed by atoms with Crippen LogP contribution in [0.1, 0.15) is 30.5 Å². The number of alkyl halides is 2. The summed E-state index contributed by atoms with van der Waals surface area (Å²) in [6.07, 6.45) is 0.0289. The third-order valence-corrected chi connectivity index (χ3v) is 4.61. The minimum Gasteiger partial charge on any atom is -0.299 e. The van der Waals surface area contributed by atoms with E-state index in [1.807, 2.05) is 0 Å². The summed E-state index contributed by atoms with van der Waals surface area (Å²) in [5.74, 6) is -0.949. The van der Waals surface area contributed by atoms with Crippen molar-refractivity contribution in [2.24, 2.45) is 5.92 Å². The molecule has 0 atom stereocenters. The van der Waals surface area contributed by atoms with Crippen LogP contribution in [0.15, 0.2) is 35.4 Å². The number of hydrogen-bond acceptors (Lipinski definition) is 3. The third-order valence-electron chi connectivity index (χ3n) is 4.61. The lowest BCUT2D eigenvalue weighted by atomic mass is 9.96. The lowest BCUT2D eigenvalue weighted by molar-refractivity contribution is 0.144. The third kappa shape index (κ3) is 4.69. The summed E-state index contributed by atoms with van der Waals surface area (Å²) in [5, 5.41) is 0. The lowest BCUT2D eigenvalue weighted by Crippen LogP contribution is -2.36. The van der Waals surface area contributed by atoms with Crippen LogP contribution in [0.25, 0.3) is 0 Å². The van der Waals surface area contributed by atoms with Gasteiger partial charge >= 0.3 is 0 Å². The molecule has 1 aliphatic heterocycles. The van der Waals surface area contributed by atoms with Crippen molar-refractivity contribution in [1.82, 2.24) is 14.5 Å². The maximum absolute atomic E-state index is 13.3. The molecular weight excluding hydrogens is 350 g/mol. The first-order valence-corrected chi connectivity index (χ1v) is 8.42. The van der Waals surface area contributed by atoms with Crippen molar-refractivity contribution in [2.75, 3.05) is 13.1 Å². The molecule has 1 aliphatic rings. The number of likely N-dealkylation sites (tertiary alicyclic amines) is 1. The van der Waals surface area contributed by atoms with Crippen molar-refractivity contribution in [2.45, 2.75) is 32.4 Å². The van der Waals surface area contributed by atoms with Crippen molar-refractivity contribution >= 4 is 0 Å². The summed E-state index contributed by atoms with van der Waals surface area (Å²) in [4.78, 5) is 17.6. The summed E-state index contributed by atoms with van der Waals surface area (Å²) in [7, 11) is 0. The highest BCUT2D eigenvalue weighted by Gasteiger charge is 2.21. The van der Waals surface area contributed by atoms with Gasteiger partial charge in [0.2, 0.25) is 0 Å². The molecule has 0 amide bonds. The number of aromatic nitrogens is 2. The minimum absolute atomic E-state index is 0.229. The van der Waals surface area contributed by atoms with E-state index in [9.17, 15) is 22.4 Å². The molecule has 1 aromatic heterocycles. The monoisotopic (exact) mass is 369 g/mol. The van der Waals surface area contributed by atoms with E-state index in [1.165, 1.54) is 23.0 Å². The van der Waals surface area contributed by atoms with Gasteiger partial charge in [0.25, 0.3) is 12.0 Å². The van der Waals surface area contributed by atoms with Crippen LogP contribution in [0.4, 0.5) is 17.6 Å². The van der Waals surface area contributed by atoms with Crippen LogP contribution in [0.2, 0.25) is 0 Å². The molecule has 4 nitrogen and oxygen atoms in total. The van der Waals surface area contributed by atoms with E-state index in [0.717, 1.165) is 38.1 Å². The Labute approximate surface area is 148 Å². The molecular formula is C18H19F4N3O. The molecule has 1 saturated heterocycles. The molecule has 0 radical (unpaired) electrons. The standard InChI is InChI=1S/C18H19F4N3O/c19-14-5-13(6-15(20)7-14)9-24-3-1-12(2-4-24)10-25-11-23-16(18(21)22)8-17(25)26/h5-8,11-12,18H,1-4,9-10H2. The van der Waals surface area contributed by atoms with E-state index >= 15 is 0 Å². The van der Waals surface area contributed by atoms with E-state index in [1.54, 1.807) is 0 Å². The molecule has 1 aromatic carbocycles. The number of piperidine rings is 1. The molecule has 1 fully saturated rings. The quantitative estimate of drug-likeness (QED) is 0.759. The Morgan fingerprint density at radius 2 is 1.73 bits per heavy atom. The van der Waals surface area contributed by atoms with Gasteiger partial charge in [0.05, 0.1) is 6.33 Å². The first kappa shape index (κ1) is 18.6. The Kier molecular flexibility index (Phi) is 5.70. The van der Waals surface area contributed by atoms with E-state index in [0.29, 0.717) is 18.7 Å². The number of nitrogens with zero attached hydrogens (tertiary/aromatic N) is 3. The molecule has 0 unspecified atom stereocenters. The second-order valence-electron chi connectivity index (χ2n) is 6.60. The molecule has 26 heavy (non-hydrogen) atoms. The smallest absolute Gasteiger partial charge is 0.280 e. The zero-order valence-corrected chi connectivity index (χ0v) is 14.0. The number of benzene rings is 1. The van der Waals surface area contributed by atoms with Crippen LogP contribution >= 0.6 is 0 Å². The fourth-order valence-corrected chi connectivity index (χ4v) is 3.26. The Hall–Kier alpha value is -2.22. The molecule has 0 saturated carbocycles. The second kappa shape index (κ2) is 7.99. The van der Waals surface area contributed by atoms with Crippen molar-refractivity contribution in [1.29, 1.82) is 0 Å². The Balaban J connectivity index is 1.55. The predicted octanol–water partition coefficient (Wildman–Crippen LogP) is 3.37. The number of hydrogen-bond donors (Lipinski definition) is 0. The molecule has 0 bridgehead atoms. The topological polar surface area (TPSA) is 38.1 Å². The molecule has 0 aliphatic carbocycles. The maximum Gasteiger partial charge on any atom is 0.280 e. The highest BCUT2D eigenvalue weighted by Crippen LogP contribution is 2.21. The van der Waals surface area contributed by atoms with Crippen LogP contribution in [-0.4, -0.2) is 27.5 Å². The van der Waals surface area contributed by atoms with Crippen LogP contribution in [0.5, 0.6) is 0 Å². The predicted molar refractivity (Wildman–Crippen MR) is 87.8 cm³/mol. The number of halogens is 4. The van der Waals surface area contributed by atoms with Gasteiger partial charge in [-0.05, 0) is 49.5 Å². The van der Waals surface area contributed by atoms with Gasteiger partial charge in [0.15, 0.2) is 0 Å². The second-order valence-corrected chi connectivity index (χ2v) is 6.60. The van der Waals surface area contributed by atoms with Crippen LogP contribution in [0, 0.1) is 17.6 Å². The van der Waals surface area contributed by atoms with Crippen LogP contribution < -0.4 is 5.56 Å². The first-order valence-electron chi connectivity index (χ1n) is 8.42. The summed E-state index contributed by atoms with van der Waals surface area (Å²) in [5.41, 5.74) is -0.402. The SMILES string of the molecule is O=c1cc(C(F)F)ncn1CC1CCN(Cc2cc(F)cc(F)c2)CC1. The largest absolute Gasteiger partial charge is 0.299 e. The fraction of sp³-hybridized carbons (Fsp3) is 0.444. The van der Waals surface area contributed by atoms with E-state index < -0.39 is 29.3 Å². The molecule has 8 heteroatoms. The van der Waals surface area contributed by atoms with Gasteiger partial charge in [-0.3, -0.25) is 14.3 Å². The molecule has 140 valence electrons.